The van der Waals surface area contributed by atoms with Gasteiger partial charge >= 0.3 is 0 Å². The van der Waals surface area contributed by atoms with Crippen molar-refractivity contribution in [3.8, 4) is 11.3 Å². The lowest BCUT2D eigenvalue weighted by Crippen LogP contribution is -2.01. The minimum absolute atomic E-state index is 0.0979. The van der Waals surface area contributed by atoms with Crippen molar-refractivity contribution in [3.05, 3.63) is 57.8 Å². The molecule has 96 valence electrons. The van der Waals surface area contributed by atoms with Crippen LogP contribution < -0.4 is 0 Å². The maximum absolute atomic E-state index is 11.6. The molecule has 0 spiro atoms. The summed E-state index contributed by atoms with van der Waals surface area (Å²) in [6.45, 7) is 3.18. The zero-order valence-electron chi connectivity index (χ0n) is 10.6. The summed E-state index contributed by atoms with van der Waals surface area (Å²) in [7, 11) is 0. The molecule has 1 aromatic carbocycles. The number of ketones is 1. The number of pyridine rings is 1. The highest BCUT2D eigenvalue weighted by molar-refractivity contribution is 6.01. The van der Waals surface area contributed by atoms with Gasteiger partial charge in [-0.2, -0.15) is 0 Å². The van der Waals surface area contributed by atoms with Crippen LogP contribution in [0.2, 0.25) is 0 Å². The molecule has 19 heavy (non-hydrogen) atoms. The van der Waals surface area contributed by atoms with Crippen LogP contribution in [-0.4, -0.2) is 15.7 Å². The van der Waals surface area contributed by atoms with Crippen LogP contribution in [0.1, 0.15) is 23.0 Å². The topological polar surface area (TPSA) is 73.1 Å². The molecule has 5 heteroatoms. The van der Waals surface area contributed by atoms with Crippen molar-refractivity contribution in [2.24, 2.45) is 0 Å². The molecular formula is C14H12N2O3. The standard InChI is InChI=1S/C14H12N2O3/c1-9-7-8-13(16(18)19)14(15-9)12-6-4-3-5-11(12)10(2)17/h3-8H,1-2H3. The molecule has 0 radical (unpaired) electrons. The van der Waals surface area contributed by atoms with E-state index in [0.29, 0.717) is 16.8 Å². The number of nitrogens with zero attached hydrogens (tertiary/aromatic N) is 2. The molecule has 0 bridgehead atoms. The molecule has 0 aliphatic carbocycles. The van der Waals surface area contributed by atoms with E-state index in [1.54, 1.807) is 37.3 Å². The van der Waals surface area contributed by atoms with Crippen LogP contribution in [0.25, 0.3) is 11.3 Å². The molecule has 5 nitrogen and oxygen atoms in total. The van der Waals surface area contributed by atoms with Gasteiger partial charge in [-0.05, 0) is 19.9 Å². The van der Waals surface area contributed by atoms with Crippen molar-refractivity contribution in [1.29, 1.82) is 0 Å². The van der Waals surface area contributed by atoms with Gasteiger partial charge in [-0.15, -0.1) is 0 Å². The van der Waals surface area contributed by atoms with Crippen molar-refractivity contribution >= 4 is 11.5 Å². The Morgan fingerprint density at radius 1 is 1.21 bits per heavy atom. The SMILES string of the molecule is CC(=O)c1ccccc1-c1nc(C)ccc1[N+](=O)[O-]. The summed E-state index contributed by atoms with van der Waals surface area (Å²) in [4.78, 5) is 26.4. The Hall–Kier alpha value is -2.56. The average molecular weight is 256 g/mol. The van der Waals surface area contributed by atoms with Gasteiger partial charge in [0, 0.05) is 22.9 Å². The number of benzene rings is 1. The van der Waals surface area contributed by atoms with Gasteiger partial charge in [-0.3, -0.25) is 14.9 Å². The van der Waals surface area contributed by atoms with Gasteiger partial charge < -0.3 is 0 Å². The first-order valence-electron chi connectivity index (χ1n) is 5.73. The fourth-order valence-corrected chi connectivity index (χ4v) is 1.89. The van der Waals surface area contributed by atoms with Crippen LogP contribution in [0, 0.1) is 17.0 Å². The number of hydrogen-bond donors (Lipinski definition) is 0. The highest BCUT2D eigenvalue weighted by atomic mass is 16.6. The normalized spacial score (nSPS) is 10.2. The lowest BCUT2D eigenvalue weighted by molar-refractivity contribution is -0.384. The van der Waals surface area contributed by atoms with E-state index in [1.807, 2.05) is 0 Å². The molecule has 0 amide bonds. The van der Waals surface area contributed by atoms with E-state index in [4.69, 9.17) is 0 Å². The smallest absolute Gasteiger partial charge is 0.294 e. The lowest BCUT2D eigenvalue weighted by Gasteiger charge is -2.07. The number of rotatable bonds is 3. The fraction of sp³-hybridized carbons (Fsp3) is 0.143. The second-order valence-electron chi connectivity index (χ2n) is 4.18. The highest BCUT2D eigenvalue weighted by Gasteiger charge is 2.20. The molecule has 0 N–H and O–H groups in total. The van der Waals surface area contributed by atoms with E-state index >= 15 is 0 Å². The van der Waals surface area contributed by atoms with Gasteiger partial charge in [0.05, 0.1) is 4.92 Å². The molecule has 0 saturated heterocycles. The van der Waals surface area contributed by atoms with E-state index in [9.17, 15) is 14.9 Å². The van der Waals surface area contributed by atoms with Gasteiger partial charge in [0.25, 0.3) is 5.69 Å². The molecule has 1 heterocycles. The Labute approximate surface area is 110 Å². The molecule has 0 atom stereocenters. The number of carbonyl (C=O) groups is 1. The van der Waals surface area contributed by atoms with Crippen LogP contribution in [0.5, 0.6) is 0 Å². The molecule has 0 fully saturated rings. The third kappa shape index (κ3) is 2.49. The third-order valence-corrected chi connectivity index (χ3v) is 2.77. The van der Waals surface area contributed by atoms with Gasteiger partial charge in [0.2, 0.25) is 0 Å². The van der Waals surface area contributed by atoms with E-state index in [1.165, 1.54) is 13.0 Å². The number of aryl methyl sites for hydroxylation is 1. The predicted molar refractivity (Wildman–Crippen MR) is 71.1 cm³/mol. The summed E-state index contributed by atoms with van der Waals surface area (Å²) in [6, 6.07) is 9.76. The summed E-state index contributed by atoms with van der Waals surface area (Å²) in [5, 5.41) is 11.1. The molecule has 0 aliphatic heterocycles. The first kappa shape index (κ1) is 12.9. The van der Waals surface area contributed by atoms with Crippen molar-refractivity contribution in [2.75, 3.05) is 0 Å². The van der Waals surface area contributed by atoms with E-state index in [-0.39, 0.29) is 17.2 Å². The van der Waals surface area contributed by atoms with Crippen LogP contribution in [0.4, 0.5) is 5.69 Å². The Balaban J connectivity index is 2.75. The molecule has 2 rings (SSSR count). The highest BCUT2D eigenvalue weighted by Crippen LogP contribution is 2.30. The third-order valence-electron chi connectivity index (χ3n) is 2.77. The maximum Gasteiger partial charge on any atom is 0.295 e. The van der Waals surface area contributed by atoms with E-state index in [0.717, 1.165) is 0 Å². The molecule has 2 aromatic rings. The maximum atomic E-state index is 11.6. The first-order chi connectivity index (χ1) is 9.00. The van der Waals surface area contributed by atoms with E-state index in [2.05, 4.69) is 4.98 Å². The fourth-order valence-electron chi connectivity index (χ4n) is 1.89. The summed E-state index contributed by atoms with van der Waals surface area (Å²) in [5.41, 5.74) is 1.73. The van der Waals surface area contributed by atoms with Gasteiger partial charge in [-0.25, -0.2) is 4.98 Å². The Morgan fingerprint density at radius 2 is 1.89 bits per heavy atom. The summed E-state index contributed by atoms with van der Waals surface area (Å²) >= 11 is 0. The lowest BCUT2D eigenvalue weighted by atomic mass is 10.00. The Bertz CT molecular complexity index is 665. The van der Waals surface area contributed by atoms with Crippen molar-refractivity contribution in [3.63, 3.8) is 0 Å². The molecule has 0 saturated carbocycles. The number of aromatic nitrogens is 1. The van der Waals surface area contributed by atoms with Gasteiger partial charge in [-0.1, -0.05) is 24.3 Å². The Morgan fingerprint density at radius 3 is 2.53 bits per heavy atom. The minimum Gasteiger partial charge on any atom is -0.294 e. The second-order valence-corrected chi connectivity index (χ2v) is 4.18. The summed E-state index contributed by atoms with van der Waals surface area (Å²) in [6.07, 6.45) is 0. The van der Waals surface area contributed by atoms with Crippen molar-refractivity contribution in [1.82, 2.24) is 4.98 Å². The monoisotopic (exact) mass is 256 g/mol. The zero-order valence-corrected chi connectivity index (χ0v) is 10.6. The number of nitro groups is 1. The van der Waals surface area contributed by atoms with E-state index < -0.39 is 4.92 Å². The number of carbonyl (C=O) groups excluding carboxylic acids is 1. The predicted octanol–water partition coefficient (Wildman–Crippen LogP) is 3.17. The second kappa shape index (κ2) is 4.97. The van der Waals surface area contributed by atoms with Crippen molar-refractivity contribution < 1.29 is 9.72 Å². The van der Waals surface area contributed by atoms with Crippen LogP contribution >= 0.6 is 0 Å². The molecule has 0 unspecified atom stereocenters. The molecule has 0 aliphatic rings. The van der Waals surface area contributed by atoms with Gasteiger partial charge in [0.1, 0.15) is 5.69 Å². The average Bonchev–Trinajstić information content (AvgIpc) is 2.38. The minimum atomic E-state index is -0.487. The first-order valence-corrected chi connectivity index (χ1v) is 5.73. The van der Waals surface area contributed by atoms with Crippen LogP contribution in [0.15, 0.2) is 36.4 Å². The summed E-state index contributed by atoms with van der Waals surface area (Å²) in [5.74, 6) is -0.145. The molecular weight excluding hydrogens is 244 g/mol. The quantitative estimate of drug-likeness (QED) is 0.480. The number of hydrogen-bond acceptors (Lipinski definition) is 4. The summed E-state index contributed by atoms with van der Waals surface area (Å²) < 4.78 is 0. The molecule has 1 aromatic heterocycles. The number of Topliss-reactive ketones (excluding diaryl/α,β-unsaturated/α-hetero) is 1. The van der Waals surface area contributed by atoms with Crippen LogP contribution in [-0.2, 0) is 0 Å². The Kier molecular flexibility index (Phi) is 3.37. The zero-order chi connectivity index (χ0) is 14.0. The van der Waals surface area contributed by atoms with Crippen molar-refractivity contribution in [2.45, 2.75) is 13.8 Å². The van der Waals surface area contributed by atoms with Crippen LogP contribution in [0.3, 0.4) is 0 Å². The largest absolute Gasteiger partial charge is 0.295 e. The van der Waals surface area contributed by atoms with Gasteiger partial charge in [0.15, 0.2) is 5.78 Å².